The molecule has 0 spiro atoms. The van der Waals surface area contributed by atoms with Crippen LogP contribution >= 0.6 is 0 Å². The van der Waals surface area contributed by atoms with Gasteiger partial charge in [-0.1, -0.05) is 19.0 Å². The van der Waals surface area contributed by atoms with Gasteiger partial charge < -0.3 is 9.84 Å². The summed E-state index contributed by atoms with van der Waals surface area (Å²) in [6.45, 7) is 7.69. The Labute approximate surface area is 106 Å². The Morgan fingerprint density at radius 3 is 2.94 bits per heavy atom. The van der Waals surface area contributed by atoms with Crippen molar-refractivity contribution in [1.29, 1.82) is 0 Å². The van der Waals surface area contributed by atoms with Crippen LogP contribution in [0.4, 0.5) is 0 Å². The molecule has 6 nitrogen and oxygen atoms in total. The Hall–Kier alpha value is -1.82. The van der Waals surface area contributed by atoms with Crippen LogP contribution in [0.15, 0.2) is 16.8 Å². The maximum Gasteiger partial charge on any atom is 0.231 e. The van der Waals surface area contributed by atoms with Gasteiger partial charge in [-0.15, -0.1) is 0 Å². The zero-order valence-corrected chi connectivity index (χ0v) is 10.8. The summed E-state index contributed by atoms with van der Waals surface area (Å²) in [5.41, 5.74) is 0.688. The molecule has 1 N–H and O–H groups in total. The summed E-state index contributed by atoms with van der Waals surface area (Å²) in [7, 11) is 0. The van der Waals surface area contributed by atoms with E-state index < -0.39 is 0 Å². The first kappa shape index (κ1) is 12.6. The van der Waals surface area contributed by atoms with Gasteiger partial charge in [-0.05, 0) is 19.5 Å². The fraction of sp³-hybridized carbons (Fsp3) is 0.500. The van der Waals surface area contributed by atoms with Crippen molar-refractivity contribution < 1.29 is 4.52 Å². The molecule has 0 amide bonds. The standard InChI is InChI=1S/C12H17N5O/c1-4-13-7-8(2)12-16-11(17-18-12)10-5-6-14-9(3)15-10/h5-6,8,13H,4,7H2,1-3H3. The molecule has 0 fully saturated rings. The van der Waals surface area contributed by atoms with Crippen molar-refractivity contribution in [2.45, 2.75) is 26.7 Å². The van der Waals surface area contributed by atoms with Crippen LogP contribution in [0.1, 0.15) is 31.5 Å². The fourth-order valence-electron chi connectivity index (χ4n) is 1.57. The van der Waals surface area contributed by atoms with E-state index in [9.17, 15) is 0 Å². The lowest BCUT2D eigenvalue weighted by Crippen LogP contribution is -2.19. The molecule has 1 unspecified atom stereocenters. The van der Waals surface area contributed by atoms with Crippen molar-refractivity contribution in [3.63, 3.8) is 0 Å². The third-order valence-corrected chi connectivity index (χ3v) is 2.57. The van der Waals surface area contributed by atoms with Gasteiger partial charge in [-0.3, -0.25) is 0 Å². The van der Waals surface area contributed by atoms with Gasteiger partial charge in [-0.2, -0.15) is 4.98 Å². The first-order valence-electron chi connectivity index (χ1n) is 6.05. The zero-order valence-electron chi connectivity index (χ0n) is 10.8. The molecule has 0 radical (unpaired) electrons. The molecule has 0 aliphatic rings. The van der Waals surface area contributed by atoms with Gasteiger partial charge in [0, 0.05) is 18.7 Å². The first-order valence-corrected chi connectivity index (χ1v) is 6.05. The minimum Gasteiger partial charge on any atom is -0.339 e. The lowest BCUT2D eigenvalue weighted by Gasteiger charge is -2.05. The van der Waals surface area contributed by atoms with Crippen LogP contribution in [0.5, 0.6) is 0 Å². The maximum absolute atomic E-state index is 5.26. The number of aryl methyl sites for hydroxylation is 1. The summed E-state index contributed by atoms with van der Waals surface area (Å²) >= 11 is 0. The molecule has 0 aliphatic heterocycles. The van der Waals surface area contributed by atoms with Crippen molar-refractivity contribution in [2.75, 3.05) is 13.1 Å². The van der Waals surface area contributed by atoms with Crippen molar-refractivity contribution in [3.8, 4) is 11.5 Å². The maximum atomic E-state index is 5.26. The van der Waals surface area contributed by atoms with Crippen LogP contribution in [-0.4, -0.2) is 33.2 Å². The molecule has 0 bridgehead atoms. The van der Waals surface area contributed by atoms with Gasteiger partial charge in [0.05, 0.1) is 0 Å². The average Bonchev–Trinajstić information content (AvgIpc) is 2.85. The van der Waals surface area contributed by atoms with Crippen molar-refractivity contribution in [1.82, 2.24) is 25.4 Å². The third-order valence-electron chi connectivity index (χ3n) is 2.57. The molecule has 1 atom stereocenters. The fourth-order valence-corrected chi connectivity index (χ4v) is 1.57. The lowest BCUT2D eigenvalue weighted by atomic mass is 10.2. The summed E-state index contributed by atoms with van der Waals surface area (Å²) in [6, 6.07) is 1.77. The molecule has 6 heteroatoms. The first-order chi connectivity index (χ1) is 8.70. The van der Waals surface area contributed by atoms with Crippen LogP contribution in [0.25, 0.3) is 11.5 Å². The normalized spacial score (nSPS) is 12.6. The van der Waals surface area contributed by atoms with E-state index >= 15 is 0 Å². The van der Waals surface area contributed by atoms with Gasteiger partial charge in [0.1, 0.15) is 11.5 Å². The average molecular weight is 247 g/mol. The van der Waals surface area contributed by atoms with E-state index in [4.69, 9.17) is 4.52 Å². The monoisotopic (exact) mass is 247 g/mol. The second-order valence-electron chi connectivity index (χ2n) is 4.15. The number of hydrogen-bond acceptors (Lipinski definition) is 6. The van der Waals surface area contributed by atoms with Crippen molar-refractivity contribution >= 4 is 0 Å². The molecule has 2 rings (SSSR count). The summed E-state index contributed by atoms with van der Waals surface area (Å²) in [6.07, 6.45) is 1.69. The molecule has 2 aromatic heterocycles. The van der Waals surface area contributed by atoms with Crippen LogP contribution in [-0.2, 0) is 0 Å². The molecule has 0 saturated carbocycles. The van der Waals surface area contributed by atoms with E-state index in [1.54, 1.807) is 12.3 Å². The largest absolute Gasteiger partial charge is 0.339 e. The highest BCUT2D eigenvalue weighted by molar-refractivity contribution is 5.47. The van der Waals surface area contributed by atoms with E-state index in [2.05, 4.69) is 32.3 Å². The van der Waals surface area contributed by atoms with E-state index in [0.717, 1.165) is 13.1 Å². The Bertz CT molecular complexity index is 511. The van der Waals surface area contributed by atoms with Crippen molar-refractivity contribution in [2.24, 2.45) is 0 Å². The molecular weight excluding hydrogens is 230 g/mol. The summed E-state index contributed by atoms with van der Waals surface area (Å²) < 4.78 is 5.26. The molecule has 2 aromatic rings. The molecule has 0 aromatic carbocycles. The number of aromatic nitrogens is 4. The van der Waals surface area contributed by atoms with Gasteiger partial charge >= 0.3 is 0 Å². The van der Waals surface area contributed by atoms with Gasteiger partial charge in [0.15, 0.2) is 0 Å². The Balaban J connectivity index is 2.15. The summed E-state index contributed by atoms with van der Waals surface area (Å²) in [5, 5.41) is 7.20. The number of nitrogens with zero attached hydrogens (tertiary/aromatic N) is 4. The molecule has 0 saturated heterocycles. The number of nitrogens with one attached hydrogen (secondary N) is 1. The van der Waals surface area contributed by atoms with Crippen molar-refractivity contribution in [3.05, 3.63) is 24.0 Å². The van der Waals surface area contributed by atoms with Gasteiger partial charge in [0.25, 0.3) is 0 Å². The molecular formula is C12H17N5O. The van der Waals surface area contributed by atoms with Crippen LogP contribution in [0.2, 0.25) is 0 Å². The highest BCUT2D eigenvalue weighted by Crippen LogP contribution is 2.17. The highest BCUT2D eigenvalue weighted by atomic mass is 16.5. The number of hydrogen-bond donors (Lipinski definition) is 1. The van der Waals surface area contributed by atoms with E-state index in [1.165, 1.54) is 0 Å². The predicted molar refractivity (Wildman–Crippen MR) is 67.0 cm³/mol. The SMILES string of the molecule is CCNCC(C)c1nc(-c2ccnc(C)n2)no1. The quantitative estimate of drug-likeness (QED) is 0.863. The van der Waals surface area contributed by atoms with Gasteiger partial charge in [0.2, 0.25) is 11.7 Å². The smallest absolute Gasteiger partial charge is 0.231 e. The van der Waals surface area contributed by atoms with Crippen LogP contribution in [0.3, 0.4) is 0 Å². The van der Waals surface area contributed by atoms with Crippen LogP contribution in [0, 0.1) is 6.92 Å². The molecule has 0 aliphatic carbocycles. The summed E-state index contributed by atoms with van der Waals surface area (Å²) in [5.74, 6) is 2.02. The van der Waals surface area contributed by atoms with E-state index in [1.807, 2.05) is 13.8 Å². The summed E-state index contributed by atoms with van der Waals surface area (Å²) in [4.78, 5) is 12.7. The minimum absolute atomic E-state index is 0.189. The predicted octanol–water partition coefficient (Wildman–Crippen LogP) is 1.55. The van der Waals surface area contributed by atoms with E-state index in [0.29, 0.717) is 23.2 Å². The van der Waals surface area contributed by atoms with Crippen LogP contribution < -0.4 is 5.32 Å². The highest BCUT2D eigenvalue weighted by Gasteiger charge is 2.15. The number of rotatable bonds is 5. The van der Waals surface area contributed by atoms with E-state index in [-0.39, 0.29) is 5.92 Å². The Morgan fingerprint density at radius 2 is 2.22 bits per heavy atom. The topological polar surface area (TPSA) is 76.7 Å². The minimum atomic E-state index is 0.189. The Kier molecular flexibility index (Phi) is 3.99. The second kappa shape index (κ2) is 5.68. The Morgan fingerprint density at radius 1 is 1.39 bits per heavy atom. The molecule has 96 valence electrons. The lowest BCUT2D eigenvalue weighted by molar-refractivity contribution is 0.355. The van der Waals surface area contributed by atoms with Gasteiger partial charge in [-0.25, -0.2) is 9.97 Å². The molecule has 18 heavy (non-hydrogen) atoms. The third kappa shape index (κ3) is 2.89. The number of likely N-dealkylation sites (N-methyl/N-ethyl adjacent to an activating group) is 1. The second-order valence-corrected chi connectivity index (χ2v) is 4.15. The molecule has 2 heterocycles. The zero-order chi connectivity index (χ0) is 13.0.